The lowest BCUT2D eigenvalue weighted by molar-refractivity contribution is 0.0718. The number of aromatic hydroxyl groups is 1. The Kier molecular flexibility index (Phi) is 3.27. The molecule has 3 N–H and O–H groups in total. The van der Waals surface area contributed by atoms with Gasteiger partial charge in [0.15, 0.2) is 5.65 Å². The summed E-state index contributed by atoms with van der Waals surface area (Å²) in [4.78, 5) is 19.9. The second-order valence-corrected chi connectivity index (χ2v) is 7.10. The molecule has 132 valence electrons. The number of nitrogens with zero attached hydrogens (tertiary/aromatic N) is 3. The number of nitrogens with one attached hydrogen (secondary N) is 2. The van der Waals surface area contributed by atoms with Crippen molar-refractivity contribution in [1.29, 1.82) is 0 Å². The number of carbonyl (C=O) groups excluding carboxylic acids is 1. The molecule has 0 saturated carbocycles. The van der Waals surface area contributed by atoms with E-state index in [0.717, 1.165) is 36.2 Å². The molecule has 2 bridgehead atoms. The number of carbonyl (C=O) groups is 1. The highest BCUT2D eigenvalue weighted by atomic mass is 16.3. The normalized spacial score (nSPS) is 21.7. The van der Waals surface area contributed by atoms with E-state index in [1.165, 1.54) is 0 Å². The fourth-order valence-corrected chi connectivity index (χ4v) is 4.09. The predicted octanol–water partition coefficient (Wildman–Crippen LogP) is 1.83. The molecule has 2 fully saturated rings. The van der Waals surface area contributed by atoms with Gasteiger partial charge < -0.3 is 15.3 Å². The lowest BCUT2D eigenvalue weighted by atomic mass is 10.0. The molecule has 7 nitrogen and oxygen atoms in total. The third kappa shape index (κ3) is 2.28. The number of aromatic nitrogens is 3. The minimum atomic E-state index is 0.0379. The SMILES string of the molecule is Cc1[nH]nc2nc(-c3ccc(O)cc3)cc(C(=O)N3CC4CC3CN4)c12. The molecule has 2 atom stereocenters. The number of phenolic OH excluding ortho intramolecular Hbond substituents is 1. The molecule has 0 aliphatic carbocycles. The summed E-state index contributed by atoms with van der Waals surface area (Å²) in [5.74, 6) is 0.235. The van der Waals surface area contributed by atoms with E-state index in [9.17, 15) is 9.90 Å². The number of H-pyrrole nitrogens is 1. The molecule has 2 aliphatic rings. The minimum Gasteiger partial charge on any atom is -0.508 e. The molecule has 2 aliphatic heterocycles. The number of piperazine rings is 1. The summed E-state index contributed by atoms with van der Waals surface area (Å²) in [7, 11) is 0. The van der Waals surface area contributed by atoms with Crippen molar-refractivity contribution in [3.63, 3.8) is 0 Å². The average molecular weight is 349 g/mol. The van der Waals surface area contributed by atoms with Gasteiger partial charge in [0.25, 0.3) is 5.91 Å². The number of hydrogen-bond donors (Lipinski definition) is 3. The summed E-state index contributed by atoms with van der Waals surface area (Å²) < 4.78 is 0. The largest absolute Gasteiger partial charge is 0.508 e. The molecule has 3 aromatic rings. The van der Waals surface area contributed by atoms with Crippen molar-refractivity contribution >= 4 is 16.9 Å². The van der Waals surface area contributed by atoms with Crippen molar-refractivity contribution in [3.8, 4) is 17.0 Å². The standard InChI is InChI=1S/C19H19N5O2/c1-10-17-15(19(26)24-9-12-6-13(24)8-20-12)7-16(21-18(17)23-22-10)11-2-4-14(25)5-3-11/h2-5,7,12-13,20,25H,6,8-9H2,1H3,(H,21,22,23). The number of amides is 1. The fourth-order valence-electron chi connectivity index (χ4n) is 4.09. The number of benzene rings is 1. The summed E-state index contributed by atoms with van der Waals surface area (Å²) in [5, 5.41) is 21.0. The third-order valence-electron chi connectivity index (χ3n) is 5.42. The number of pyridine rings is 1. The Morgan fingerprint density at radius 1 is 1.31 bits per heavy atom. The number of hydrogen-bond acceptors (Lipinski definition) is 5. The average Bonchev–Trinajstić information content (AvgIpc) is 3.37. The van der Waals surface area contributed by atoms with E-state index in [-0.39, 0.29) is 17.7 Å². The van der Waals surface area contributed by atoms with Crippen LogP contribution in [0.2, 0.25) is 0 Å². The molecular weight excluding hydrogens is 330 g/mol. The van der Waals surface area contributed by atoms with Gasteiger partial charge in [-0.15, -0.1) is 0 Å². The number of rotatable bonds is 2. The van der Waals surface area contributed by atoms with Crippen LogP contribution in [0.15, 0.2) is 30.3 Å². The van der Waals surface area contributed by atoms with E-state index in [2.05, 4.69) is 20.5 Å². The molecule has 0 spiro atoms. The van der Waals surface area contributed by atoms with Gasteiger partial charge in [0, 0.05) is 36.4 Å². The van der Waals surface area contributed by atoms with Crippen LogP contribution in [0.25, 0.3) is 22.3 Å². The molecule has 5 rings (SSSR count). The van der Waals surface area contributed by atoms with Crippen molar-refractivity contribution in [2.75, 3.05) is 13.1 Å². The van der Waals surface area contributed by atoms with Gasteiger partial charge in [0.2, 0.25) is 0 Å². The molecular formula is C19H19N5O2. The Hall–Kier alpha value is -2.93. The first-order valence-corrected chi connectivity index (χ1v) is 8.79. The molecule has 4 heterocycles. The van der Waals surface area contributed by atoms with Crippen LogP contribution in [0.1, 0.15) is 22.5 Å². The van der Waals surface area contributed by atoms with Crippen molar-refractivity contribution in [2.45, 2.75) is 25.4 Å². The van der Waals surface area contributed by atoms with E-state index < -0.39 is 0 Å². The van der Waals surface area contributed by atoms with E-state index in [1.54, 1.807) is 24.3 Å². The van der Waals surface area contributed by atoms with Gasteiger partial charge in [-0.25, -0.2) is 4.98 Å². The van der Waals surface area contributed by atoms with Crippen molar-refractivity contribution in [3.05, 3.63) is 41.6 Å². The molecule has 2 unspecified atom stereocenters. The van der Waals surface area contributed by atoms with Crippen LogP contribution in [-0.2, 0) is 0 Å². The maximum Gasteiger partial charge on any atom is 0.255 e. The minimum absolute atomic E-state index is 0.0379. The van der Waals surface area contributed by atoms with Crippen molar-refractivity contribution in [2.24, 2.45) is 0 Å². The molecule has 1 aromatic carbocycles. The van der Waals surface area contributed by atoms with Crippen LogP contribution in [0.3, 0.4) is 0 Å². The van der Waals surface area contributed by atoms with Gasteiger partial charge in [-0.05, 0) is 43.7 Å². The highest BCUT2D eigenvalue weighted by Crippen LogP contribution is 2.31. The first-order chi connectivity index (χ1) is 12.6. The Balaban J connectivity index is 1.64. The van der Waals surface area contributed by atoms with Crippen LogP contribution < -0.4 is 5.32 Å². The zero-order chi connectivity index (χ0) is 17.8. The highest BCUT2D eigenvalue weighted by Gasteiger charge is 2.41. The van der Waals surface area contributed by atoms with Crippen LogP contribution >= 0.6 is 0 Å². The van der Waals surface area contributed by atoms with Gasteiger partial charge in [0.1, 0.15) is 5.75 Å². The summed E-state index contributed by atoms with van der Waals surface area (Å²) >= 11 is 0. The van der Waals surface area contributed by atoms with Crippen molar-refractivity contribution in [1.82, 2.24) is 25.4 Å². The van der Waals surface area contributed by atoms with E-state index in [1.807, 2.05) is 17.9 Å². The maximum atomic E-state index is 13.3. The molecule has 7 heteroatoms. The smallest absolute Gasteiger partial charge is 0.255 e. The van der Waals surface area contributed by atoms with Crippen molar-refractivity contribution < 1.29 is 9.90 Å². The lowest BCUT2D eigenvalue weighted by Crippen LogP contribution is -2.46. The molecule has 26 heavy (non-hydrogen) atoms. The predicted molar refractivity (Wildman–Crippen MR) is 97.0 cm³/mol. The number of phenols is 1. The summed E-state index contributed by atoms with van der Waals surface area (Å²) in [6.07, 6.45) is 1.02. The zero-order valence-corrected chi connectivity index (χ0v) is 14.4. The fraction of sp³-hybridized carbons (Fsp3) is 0.316. The van der Waals surface area contributed by atoms with Gasteiger partial charge in [0.05, 0.1) is 16.6 Å². The van der Waals surface area contributed by atoms with Crippen LogP contribution in [-0.4, -0.2) is 56.3 Å². The monoisotopic (exact) mass is 349 g/mol. The first kappa shape index (κ1) is 15.3. The van der Waals surface area contributed by atoms with Crippen LogP contribution in [0.5, 0.6) is 5.75 Å². The molecule has 0 radical (unpaired) electrons. The summed E-state index contributed by atoms with van der Waals surface area (Å²) in [6, 6.07) is 9.33. The number of likely N-dealkylation sites (tertiary alicyclic amines) is 1. The van der Waals surface area contributed by atoms with Gasteiger partial charge in [-0.3, -0.25) is 9.89 Å². The lowest BCUT2D eigenvalue weighted by Gasteiger charge is -2.27. The first-order valence-electron chi connectivity index (χ1n) is 8.79. The summed E-state index contributed by atoms with van der Waals surface area (Å²) in [6.45, 7) is 3.52. The quantitative estimate of drug-likeness (QED) is 0.656. The van der Waals surface area contributed by atoms with E-state index in [0.29, 0.717) is 22.9 Å². The van der Waals surface area contributed by atoms with E-state index in [4.69, 9.17) is 0 Å². The Morgan fingerprint density at radius 3 is 2.81 bits per heavy atom. The second kappa shape index (κ2) is 5.54. The van der Waals surface area contributed by atoms with Crippen LogP contribution in [0, 0.1) is 6.92 Å². The van der Waals surface area contributed by atoms with E-state index >= 15 is 0 Å². The molecule has 1 amide bonds. The number of aromatic amines is 1. The van der Waals surface area contributed by atoms with Crippen LogP contribution in [0.4, 0.5) is 0 Å². The number of fused-ring (bicyclic) bond motifs is 3. The van der Waals surface area contributed by atoms with Gasteiger partial charge in [-0.2, -0.15) is 5.10 Å². The Labute approximate surface area is 150 Å². The highest BCUT2D eigenvalue weighted by molar-refractivity contribution is 6.07. The topological polar surface area (TPSA) is 94.1 Å². The van der Waals surface area contributed by atoms with Gasteiger partial charge in [-0.1, -0.05) is 0 Å². The van der Waals surface area contributed by atoms with Gasteiger partial charge >= 0.3 is 0 Å². The number of aryl methyl sites for hydroxylation is 1. The third-order valence-corrected chi connectivity index (χ3v) is 5.42. The summed E-state index contributed by atoms with van der Waals surface area (Å²) in [5.41, 5.74) is 3.53. The Morgan fingerprint density at radius 2 is 2.12 bits per heavy atom. The maximum absolute atomic E-state index is 13.3. The molecule has 2 saturated heterocycles. The zero-order valence-electron chi connectivity index (χ0n) is 14.4. The second-order valence-electron chi connectivity index (χ2n) is 7.10. The molecule has 2 aromatic heterocycles. The Bertz CT molecular complexity index is 1010.